The van der Waals surface area contributed by atoms with E-state index in [1.165, 1.54) is 18.3 Å². The van der Waals surface area contributed by atoms with Crippen LogP contribution in [0, 0.1) is 0 Å². The average Bonchev–Trinajstić information content (AvgIpc) is 2.73. The first-order valence-corrected chi connectivity index (χ1v) is 6.73. The van der Waals surface area contributed by atoms with Crippen molar-refractivity contribution in [2.45, 2.75) is 19.6 Å². The number of anilines is 1. The number of rotatable bonds is 4. The van der Waals surface area contributed by atoms with Crippen LogP contribution in [-0.2, 0) is 16.1 Å². The first-order chi connectivity index (χ1) is 8.63. The first-order valence-electron chi connectivity index (χ1n) is 5.92. The molecule has 1 unspecified atom stereocenters. The van der Waals surface area contributed by atoms with Crippen LogP contribution in [0.2, 0.25) is 0 Å². The van der Waals surface area contributed by atoms with Crippen LogP contribution in [0.5, 0.6) is 0 Å². The van der Waals surface area contributed by atoms with Gasteiger partial charge in [-0.25, -0.2) is 4.98 Å². The van der Waals surface area contributed by atoms with Crippen LogP contribution in [0.15, 0.2) is 6.20 Å². The number of carbonyl (C=O) groups excluding carboxylic acids is 1. The summed E-state index contributed by atoms with van der Waals surface area (Å²) in [5.41, 5.74) is 5.61. The molecular weight excluding hydrogens is 252 g/mol. The quantitative estimate of drug-likeness (QED) is 0.809. The molecule has 0 aromatic carbocycles. The molecule has 1 amide bonds. The van der Waals surface area contributed by atoms with Gasteiger partial charge in [-0.3, -0.25) is 9.69 Å². The van der Waals surface area contributed by atoms with Gasteiger partial charge in [0.1, 0.15) is 0 Å². The molecule has 3 N–H and O–H groups in total. The van der Waals surface area contributed by atoms with Crippen LogP contribution in [0.4, 0.5) is 5.13 Å². The van der Waals surface area contributed by atoms with Crippen molar-refractivity contribution in [1.82, 2.24) is 15.2 Å². The van der Waals surface area contributed by atoms with Crippen LogP contribution in [0.25, 0.3) is 0 Å². The van der Waals surface area contributed by atoms with Gasteiger partial charge in [-0.05, 0) is 0 Å². The maximum absolute atomic E-state index is 10.9. The molecule has 1 aliphatic heterocycles. The Morgan fingerprint density at radius 2 is 2.61 bits per heavy atom. The highest BCUT2D eigenvalue weighted by atomic mass is 32.1. The van der Waals surface area contributed by atoms with E-state index in [0.717, 1.165) is 24.5 Å². The fourth-order valence-electron chi connectivity index (χ4n) is 1.92. The maximum Gasteiger partial charge on any atom is 0.216 e. The summed E-state index contributed by atoms with van der Waals surface area (Å²) in [5, 5.41) is 3.39. The highest BCUT2D eigenvalue weighted by Crippen LogP contribution is 2.17. The summed E-state index contributed by atoms with van der Waals surface area (Å²) < 4.78 is 5.61. The second kappa shape index (κ2) is 6.12. The molecule has 0 aliphatic carbocycles. The van der Waals surface area contributed by atoms with Gasteiger partial charge in [0, 0.05) is 44.2 Å². The lowest BCUT2D eigenvalue weighted by molar-refractivity contribution is -0.120. The molecular formula is C11H18N4O2S. The number of nitrogens with zero attached hydrogens (tertiary/aromatic N) is 2. The highest BCUT2D eigenvalue weighted by Gasteiger charge is 2.21. The van der Waals surface area contributed by atoms with E-state index >= 15 is 0 Å². The number of morpholine rings is 1. The number of ether oxygens (including phenoxy) is 1. The molecule has 0 radical (unpaired) electrons. The SMILES string of the molecule is CC(=O)NCC1CN(Cc2cnc(N)s2)CCO1. The van der Waals surface area contributed by atoms with Gasteiger partial charge < -0.3 is 15.8 Å². The van der Waals surface area contributed by atoms with Gasteiger partial charge in [0.15, 0.2) is 5.13 Å². The van der Waals surface area contributed by atoms with E-state index in [0.29, 0.717) is 18.3 Å². The number of nitrogen functional groups attached to an aromatic ring is 1. The minimum absolute atomic E-state index is 0.0223. The lowest BCUT2D eigenvalue weighted by Crippen LogP contribution is -2.46. The van der Waals surface area contributed by atoms with E-state index in [-0.39, 0.29) is 12.0 Å². The molecule has 1 aromatic heterocycles. The summed E-state index contributed by atoms with van der Waals surface area (Å²) in [6.07, 6.45) is 1.88. The van der Waals surface area contributed by atoms with E-state index in [4.69, 9.17) is 10.5 Å². The maximum atomic E-state index is 10.9. The van der Waals surface area contributed by atoms with Gasteiger partial charge in [0.25, 0.3) is 0 Å². The Labute approximate surface area is 110 Å². The van der Waals surface area contributed by atoms with Gasteiger partial charge in [0.2, 0.25) is 5.91 Å². The molecule has 0 spiro atoms. The molecule has 6 nitrogen and oxygen atoms in total. The van der Waals surface area contributed by atoms with Gasteiger partial charge in [-0.15, -0.1) is 11.3 Å². The molecule has 0 saturated carbocycles. The zero-order chi connectivity index (χ0) is 13.0. The lowest BCUT2D eigenvalue weighted by atomic mass is 10.2. The molecule has 1 aliphatic rings. The van der Waals surface area contributed by atoms with E-state index in [9.17, 15) is 4.79 Å². The van der Waals surface area contributed by atoms with E-state index in [1.807, 2.05) is 6.20 Å². The van der Waals surface area contributed by atoms with Gasteiger partial charge >= 0.3 is 0 Å². The minimum Gasteiger partial charge on any atom is -0.375 e. The van der Waals surface area contributed by atoms with Gasteiger partial charge in [-0.2, -0.15) is 0 Å². The molecule has 1 aromatic rings. The fraction of sp³-hybridized carbons (Fsp3) is 0.636. The van der Waals surface area contributed by atoms with Crippen molar-refractivity contribution in [2.24, 2.45) is 0 Å². The fourth-order valence-corrected chi connectivity index (χ4v) is 2.65. The smallest absolute Gasteiger partial charge is 0.216 e. The summed E-state index contributed by atoms with van der Waals surface area (Å²) in [7, 11) is 0. The van der Waals surface area contributed by atoms with Crippen LogP contribution in [0.1, 0.15) is 11.8 Å². The monoisotopic (exact) mass is 270 g/mol. The number of aromatic nitrogens is 1. The van der Waals surface area contributed by atoms with Gasteiger partial charge in [-0.1, -0.05) is 0 Å². The molecule has 7 heteroatoms. The number of hydrogen-bond donors (Lipinski definition) is 2. The van der Waals surface area contributed by atoms with Crippen molar-refractivity contribution in [2.75, 3.05) is 32.0 Å². The predicted octanol–water partition coefficient (Wildman–Crippen LogP) is 0.0622. The zero-order valence-electron chi connectivity index (χ0n) is 10.4. The second-order valence-corrected chi connectivity index (χ2v) is 5.48. The third-order valence-electron chi connectivity index (χ3n) is 2.75. The van der Waals surface area contributed by atoms with E-state index in [2.05, 4.69) is 15.2 Å². The predicted molar refractivity (Wildman–Crippen MR) is 70.2 cm³/mol. The summed E-state index contributed by atoms with van der Waals surface area (Å²) in [5.74, 6) is -0.0223. The van der Waals surface area contributed by atoms with Gasteiger partial charge in [0.05, 0.1) is 12.7 Å². The third kappa shape index (κ3) is 3.94. The van der Waals surface area contributed by atoms with Crippen molar-refractivity contribution in [3.8, 4) is 0 Å². The highest BCUT2D eigenvalue weighted by molar-refractivity contribution is 7.15. The van der Waals surface area contributed by atoms with Crippen molar-refractivity contribution in [3.05, 3.63) is 11.1 Å². The normalized spacial score (nSPS) is 20.8. The number of hydrogen-bond acceptors (Lipinski definition) is 6. The van der Waals surface area contributed by atoms with Crippen molar-refractivity contribution < 1.29 is 9.53 Å². The Balaban J connectivity index is 1.81. The Kier molecular flexibility index (Phi) is 4.51. The lowest BCUT2D eigenvalue weighted by Gasteiger charge is -2.32. The number of nitrogens with two attached hydrogens (primary N) is 1. The Morgan fingerprint density at radius 3 is 3.28 bits per heavy atom. The van der Waals surface area contributed by atoms with Crippen LogP contribution in [0.3, 0.4) is 0 Å². The molecule has 1 fully saturated rings. The second-order valence-electron chi connectivity index (χ2n) is 4.33. The molecule has 1 atom stereocenters. The van der Waals surface area contributed by atoms with Crippen LogP contribution >= 0.6 is 11.3 Å². The van der Waals surface area contributed by atoms with Crippen LogP contribution in [-0.4, -0.2) is 48.1 Å². The van der Waals surface area contributed by atoms with Crippen molar-refractivity contribution in [3.63, 3.8) is 0 Å². The number of carbonyl (C=O) groups is 1. The summed E-state index contributed by atoms with van der Waals surface area (Å²) >= 11 is 1.52. The Hall–Kier alpha value is -1.18. The van der Waals surface area contributed by atoms with Crippen LogP contribution < -0.4 is 11.1 Å². The van der Waals surface area contributed by atoms with Crippen molar-refractivity contribution >= 4 is 22.4 Å². The summed E-state index contributed by atoms with van der Waals surface area (Å²) in [6, 6.07) is 0. The summed E-state index contributed by atoms with van der Waals surface area (Å²) in [4.78, 5) is 18.4. The molecule has 18 heavy (non-hydrogen) atoms. The Morgan fingerprint density at radius 1 is 1.78 bits per heavy atom. The third-order valence-corrected chi connectivity index (χ3v) is 3.56. The molecule has 0 bridgehead atoms. The standard InChI is InChI=1S/C11H18N4O2S/c1-8(16)13-4-9-6-15(2-3-17-9)7-10-5-14-11(12)18-10/h5,9H,2-4,6-7H2,1H3,(H2,12,14)(H,13,16). The van der Waals surface area contributed by atoms with E-state index in [1.54, 1.807) is 0 Å². The van der Waals surface area contributed by atoms with E-state index < -0.39 is 0 Å². The molecule has 1 saturated heterocycles. The first kappa shape index (κ1) is 13.3. The average molecular weight is 270 g/mol. The zero-order valence-corrected chi connectivity index (χ0v) is 11.2. The van der Waals surface area contributed by atoms with Crippen molar-refractivity contribution in [1.29, 1.82) is 0 Å². The molecule has 2 rings (SSSR count). The minimum atomic E-state index is -0.0223. The Bertz CT molecular complexity index is 410. The topological polar surface area (TPSA) is 80.5 Å². The molecule has 100 valence electrons. The summed E-state index contributed by atoms with van der Waals surface area (Å²) in [6.45, 7) is 5.33. The number of nitrogens with one attached hydrogen (secondary N) is 1. The largest absolute Gasteiger partial charge is 0.375 e. The number of thiazole rings is 1. The number of amides is 1. The molecule has 2 heterocycles.